The maximum Gasteiger partial charge on any atom is 0.161 e. The number of aromatic nitrogens is 2. The average molecular weight is 427 g/mol. The Balaban J connectivity index is 2.30. The van der Waals surface area contributed by atoms with E-state index in [4.69, 9.17) is 16.6 Å². The summed E-state index contributed by atoms with van der Waals surface area (Å²) >= 11 is 13.4. The van der Waals surface area contributed by atoms with Crippen molar-refractivity contribution in [1.29, 1.82) is 0 Å². The minimum atomic E-state index is 0.461. The second kappa shape index (κ2) is 6.03. The normalized spacial score (nSPS) is 11.0. The molecule has 2 aromatic carbocycles. The molecule has 106 valence electrons. The summed E-state index contributed by atoms with van der Waals surface area (Å²) in [7, 11) is 0. The van der Waals surface area contributed by atoms with Crippen molar-refractivity contribution < 1.29 is 0 Å². The number of hydrogen-bond donors (Lipinski definition) is 0. The van der Waals surface area contributed by atoms with Gasteiger partial charge in [-0.05, 0) is 40.0 Å². The third kappa shape index (κ3) is 2.85. The quantitative estimate of drug-likeness (QED) is 0.467. The summed E-state index contributed by atoms with van der Waals surface area (Å²) in [6, 6.07) is 12.0. The van der Waals surface area contributed by atoms with Crippen LogP contribution < -0.4 is 0 Å². The van der Waals surface area contributed by atoms with Gasteiger partial charge in [0.2, 0.25) is 0 Å². The fourth-order valence-corrected chi connectivity index (χ4v) is 3.83. The molecule has 0 radical (unpaired) electrons. The smallest absolute Gasteiger partial charge is 0.161 e. The van der Waals surface area contributed by atoms with Crippen LogP contribution in [0, 0.1) is 0 Å². The van der Waals surface area contributed by atoms with Gasteiger partial charge >= 0.3 is 0 Å². The molecule has 0 fully saturated rings. The molecular formula is C16H11Br2ClN2. The Bertz CT molecular complexity index is 834. The highest BCUT2D eigenvalue weighted by Crippen LogP contribution is 2.33. The molecule has 0 bridgehead atoms. The maximum absolute atomic E-state index is 6.36. The number of halogens is 3. The number of fused-ring (bicyclic) bond motifs is 1. The lowest BCUT2D eigenvalue weighted by atomic mass is 10.0. The van der Waals surface area contributed by atoms with Gasteiger partial charge in [-0.25, -0.2) is 9.97 Å². The third-order valence-electron chi connectivity index (χ3n) is 3.31. The minimum absolute atomic E-state index is 0.461. The topological polar surface area (TPSA) is 25.8 Å². The Morgan fingerprint density at radius 3 is 2.62 bits per heavy atom. The van der Waals surface area contributed by atoms with E-state index in [1.807, 2.05) is 30.3 Å². The Labute approximate surface area is 144 Å². The van der Waals surface area contributed by atoms with Crippen molar-refractivity contribution in [2.75, 3.05) is 0 Å². The number of benzene rings is 2. The van der Waals surface area contributed by atoms with Crippen LogP contribution in [0.1, 0.15) is 12.5 Å². The predicted octanol–water partition coefficient (Wildman–Crippen LogP) is 6.04. The van der Waals surface area contributed by atoms with E-state index >= 15 is 0 Å². The summed E-state index contributed by atoms with van der Waals surface area (Å²) in [6.45, 7) is 2.12. The second-order valence-corrected chi connectivity index (χ2v) is 6.76. The SMILES string of the molecule is CCc1ccccc1-c1nc(Cl)c2cc(Br)cc(Br)c2n1. The van der Waals surface area contributed by atoms with Gasteiger partial charge in [0.1, 0.15) is 5.15 Å². The molecule has 0 saturated heterocycles. The van der Waals surface area contributed by atoms with E-state index in [1.165, 1.54) is 5.56 Å². The molecule has 0 atom stereocenters. The van der Waals surface area contributed by atoms with Gasteiger partial charge in [0.15, 0.2) is 5.82 Å². The Morgan fingerprint density at radius 2 is 1.86 bits per heavy atom. The molecule has 0 aliphatic heterocycles. The standard InChI is InChI=1S/C16H11Br2ClN2/c1-2-9-5-3-4-6-11(9)16-20-14-12(15(19)21-16)7-10(17)8-13(14)18/h3-8H,2H2,1H3. The number of hydrogen-bond acceptors (Lipinski definition) is 2. The maximum atomic E-state index is 6.36. The van der Waals surface area contributed by atoms with E-state index in [2.05, 4.69) is 49.8 Å². The first kappa shape index (κ1) is 14.9. The molecule has 21 heavy (non-hydrogen) atoms. The molecular weight excluding hydrogens is 415 g/mol. The van der Waals surface area contributed by atoms with Crippen LogP contribution in [0.25, 0.3) is 22.3 Å². The summed E-state index contributed by atoms with van der Waals surface area (Å²) in [5.41, 5.74) is 3.05. The highest BCUT2D eigenvalue weighted by atomic mass is 79.9. The number of rotatable bonds is 2. The van der Waals surface area contributed by atoms with Crippen LogP contribution in [0.2, 0.25) is 5.15 Å². The van der Waals surface area contributed by atoms with Crippen molar-refractivity contribution in [3.8, 4) is 11.4 Å². The van der Waals surface area contributed by atoms with Gasteiger partial charge in [-0.1, -0.05) is 58.7 Å². The van der Waals surface area contributed by atoms with Crippen LogP contribution in [-0.4, -0.2) is 9.97 Å². The zero-order valence-electron chi connectivity index (χ0n) is 11.2. The van der Waals surface area contributed by atoms with Crippen molar-refractivity contribution in [1.82, 2.24) is 9.97 Å². The van der Waals surface area contributed by atoms with Gasteiger partial charge < -0.3 is 0 Å². The minimum Gasteiger partial charge on any atom is -0.227 e. The van der Waals surface area contributed by atoms with E-state index in [0.717, 1.165) is 31.8 Å². The number of nitrogens with zero attached hydrogens (tertiary/aromatic N) is 2. The molecule has 1 heterocycles. The second-order valence-electron chi connectivity index (χ2n) is 4.63. The van der Waals surface area contributed by atoms with Gasteiger partial charge in [-0.2, -0.15) is 0 Å². The first-order chi connectivity index (χ1) is 10.1. The fourth-order valence-electron chi connectivity index (χ4n) is 2.29. The average Bonchev–Trinajstić information content (AvgIpc) is 2.48. The molecule has 1 aromatic heterocycles. The predicted molar refractivity (Wildman–Crippen MR) is 94.8 cm³/mol. The van der Waals surface area contributed by atoms with E-state index in [-0.39, 0.29) is 0 Å². The Kier molecular flexibility index (Phi) is 4.29. The van der Waals surface area contributed by atoms with Crippen molar-refractivity contribution in [2.45, 2.75) is 13.3 Å². The lowest BCUT2D eigenvalue weighted by Crippen LogP contribution is -1.96. The van der Waals surface area contributed by atoms with Crippen molar-refractivity contribution in [2.24, 2.45) is 0 Å². The largest absolute Gasteiger partial charge is 0.227 e. The lowest BCUT2D eigenvalue weighted by Gasteiger charge is -2.09. The molecule has 0 saturated carbocycles. The van der Waals surface area contributed by atoms with Gasteiger partial charge in [0, 0.05) is 19.9 Å². The third-order valence-corrected chi connectivity index (χ3v) is 4.66. The van der Waals surface area contributed by atoms with Gasteiger partial charge in [-0.3, -0.25) is 0 Å². The highest BCUT2D eigenvalue weighted by molar-refractivity contribution is 9.11. The van der Waals surface area contributed by atoms with Crippen molar-refractivity contribution >= 4 is 54.4 Å². The van der Waals surface area contributed by atoms with Gasteiger partial charge in [0.05, 0.1) is 5.52 Å². The van der Waals surface area contributed by atoms with Crippen LogP contribution >= 0.6 is 43.5 Å². The zero-order chi connectivity index (χ0) is 15.0. The van der Waals surface area contributed by atoms with Crippen LogP contribution in [0.4, 0.5) is 0 Å². The zero-order valence-corrected chi connectivity index (χ0v) is 15.1. The van der Waals surface area contributed by atoms with E-state index in [1.54, 1.807) is 0 Å². The molecule has 5 heteroatoms. The fraction of sp³-hybridized carbons (Fsp3) is 0.125. The van der Waals surface area contributed by atoms with Gasteiger partial charge in [-0.15, -0.1) is 0 Å². The van der Waals surface area contributed by atoms with Crippen molar-refractivity contribution in [3.63, 3.8) is 0 Å². The summed E-state index contributed by atoms with van der Waals surface area (Å²) in [6.07, 6.45) is 0.927. The van der Waals surface area contributed by atoms with E-state index < -0.39 is 0 Å². The molecule has 0 unspecified atom stereocenters. The molecule has 2 nitrogen and oxygen atoms in total. The first-order valence-corrected chi connectivity index (χ1v) is 8.47. The van der Waals surface area contributed by atoms with Crippen molar-refractivity contribution in [3.05, 3.63) is 56.1 Å². The molecule has 3 aromatic rings. The van der Waals surface area contributed by atoms with Crippen LogP contribution in [0.3, 0.4) is 0 Å². The molecule has 0 aliphatic carbocycles. The van der Waals surface area contributed by atoms with E-state index in [0.29, 0.717) is 11.0 Å². The first-order valence-electron chi connectivity index (χ1n) is 6.50. The molecule has 0 amide bonds. The molecule has 0 spiro atoms. The lowest BCUT2D eigenvalue weighted by molar-refractivity contribution is 1.12. The van der Waals surface area contributed by atoms with Gasteiger partial charge in [0.25, 0.3) is 0 Å². The van der Waals surface area contributed by atoms with E-state index in [9.17, 15) is 0 Å². The molecule has 0 N–H and O–H groups in total. The van der Waals surface area contributed by atoms with Crippen LogP contribution in [0.5, 0.6) is 0 Å². The summed E-state index contributed by atoms with van der Waals surface area (Å²) in [5, 5.41) is 1.29. The monoisotopic (exact) mass is 424 g/mol. The highest BCUT2D eigenvalue weighted by Gasteiger charge is 2.13. The number of aryl methyl sites for hydroxylation is 1. The molecule has 0 aliphatic rings. The summed E-state index contributed by atoms with van der Waals surface area (Å²) in [5.74, 6) is 0.660. The summed E-state index contributed by atoms with van der Waals surface area (Å²) in [4.78, 5) is 9.17. The Hall–Kier alpha value is -0.970. The van der Waals surface area contributed by atoms with Crippen LogP contribution in [-0.2, 0) is 6.42 Å². The summed E-state index contributed by atoms with van der Waals surface area (Å²) < 4.78 is 1.83. The Morgan fingerprint density at radius 1 is 1.10 bits per heavy atom. The van der Waals surface area contributed by atoms with Crippen LogP contribution in [0.15, 0.2) is 45.3 Å². The molecule has 3 rings (SSSR count).